The SMILES string of the molecule is O=C(CCN1C(=O)[C@H]2CCCC[C@@H]2C1=O)OCc1cccc([N+](=O)[O-])c1. The summed E-state index contributed by atoms with van der Waals surface area (Å²) in [4.78, 5) is 48.0. The Morgan fingerprint density at radius 2 is 1.85 bits per heavy atom. The number of imide groups is 1. The number of esters is 1. The van der Waals surface area contributed by atoms with Gasteiger partial charge >= 0.3 is 5.97 Å². The molecule has 1 aromatic rings. The van der Waals surface area contributed by atoms with Crippen LogP contribution in [0.5, 0.6) is 0 Å². The molecule has 2 aliphatic rings. The van der Waals surface area contributed by atoms with E-state index in [4.69, 9.17) is 4.74 Å². The summed E-state index contributed by atoms with van der Waals surface area (Å²) in [5.41, 5.74) is 0.432. The number of carbonyl (C=O) groups is 3. The van der Waals surface area contributed by atoms with Crippen LogP contribution in [-0.4, -0.2) is 34.2 Å². The summed E-state index contributed by atoms with van der Waals surface area (Å²) in [5.74, 6) is -1.35. The van der Waals surface area contributed by atoms with Gasteiger partial charge in [0.15, 0.2) is 0 Å². The second kappa shape index (κ2) is 7.63. The highest BCUT2D eigenvalue weighted by atomic mass is 16.6. The van der Waals surface area contributed by atoms with Crippen LogP contribution >= 0.6 is 0 Å². The van der Waals surface area contributed by atoms with Crippen molar-refractivity contribution in [2.75, 3.05) is 6.54 Å². The topological polar surface area (TPSA) is 107 Å². The van der Waals surface area contributed by atoms with E-state index in [-0.39, 0.29) is 48.9 Å². The third kappa shape index (κ3) is 3.74. The largest absolute Gasteiger partial charge is 0.461 e. The summed E-state index contributed by atoms with van der Waals surface area (Å²) in [7, 11) is 0. The molecule has 1 saturated carbocycles. The Kier molecular flexibility index (Phi) is 5.29. The Bertz CT molecular complexity index is 723. The van der Waals surface area contributed by atoms with Gasteiger partial charge in [0, 0.05) is 18.7 Å². The fourth-order valence-corrected chi connectivity index (χ4v) is 3.65. The Balaban J connectivity index is 1.50. The Labute approximate surface area is 150 Å². The van der Waals surface area contributed by atoms with Crippen molar-refractivity contribution in [2.24, 2.45) is 11.8 Å². The molecule has 8 heteroatoms. The van der Waals surface area contributed by atoms with Crippen LogP contribution in [0, 0.1) is 22.0 Å². The third-order valence-electron chi connectivity index (χ3n) is 4.99. The van der Waals surface area contributed by atoms with Crippen molar-refractivity contribution < 1.29 is 24.0 Å². The van der Waals surface area contributed by atoms with Crippen molar-refractivity contribution in [3.8, 4) is 0 Å². The first kappa shape index (κ1) is 18.0. The Morgan fingerprint density at radius 1 is 1.19 bits per heavy atom. The van der Waals surface area contributed by atoms with E-state index in [2.05, 4.69) is 0 Å². The standard InChI is InChI=1S/C18H20N2O6/c21-16(26-11-12-4-3-5-13(10-12)20(24)25)8-9-19-17(22)14-6-1-2-7-15(14)18(19)23/h3-5,10,14-15H,1-2,6-9,11H2/t14-,15-/m0/s1. The molecule has 0 bridgehead atoms. The number of likely N-dealkylation sites (tertiary alicyclic amines) is 1. The zero-order valence-electron chi connectivity index (χ0n) is 14.3. The van der Waals surface area contributed by atoms with Gasteiger partial charge in [-0.15, -0.1) is 0 Å². The molecule has 3 rings (SSSR count). The maximum atomic E-state index is 12.3. The van der Waals surface area contributed by atoms with E-state index in [0.29, 0.717) is 5.56 Å². The minimum Gasteiger partial charge on any atom is -0.461 e. The van der Waals surface area contributed by atoms with Gasteiger partial charge in [-0.1, -0.05) is 25.0 Å². The molecule has 1 aromatic carbocycles. The normalized spacial score (nSPS) is 22.2. The van der Waals surface area contributed by atoms with E-state index in [1.807, 2.05) is 0 Å². The number of rotatable bonds is 6. The quantitative estimate of drug-likeness (QED) is 0.333. The lowest BCUT2D eigenvalue weighted by Crippen LogP contribution is -2.33. The lowest BCUT2D eigenvalue weighted by Gasteiger charge is -2.19. The third-order valence-corrected chi connectivity index (χ3v) is 4.99. The Morgan fingerprint density at radius 3 is 2.46 bits per heavy atom. The van der Waals surface area contributed by atoms with Crippen LogP contribution in [0.3, 0.4) is 0 Å². The van der Waals surface area contributed by atoms with E-state index in [0.717, 1.165) is 25.7 Å². The molecule has 0 radical (unpaired) electrons. The van der Waals surface area contributed by atoms with Crippen LogP contribution in [0.15, 0.2) is 24.3 Å². The number of non-ortho nitro benzene ring substituents is 1. The van der Waals surface area contributed by atoms with Gasteiger partial charge in [0.25, 0.3) is 5.69 Å². The van der Waals surface area contributed by atoms with Gasteiger partial charge in [-0.05, 0) is 18.4 Å². The van der Waals surface area contributed by atoms with Crippen molar-refractivity contribution in [2.45, 2.75) is 38.7 Å². The van der Waals surface area contributed by atoms with Crippen molar-refractivity contribution >= 4 is 23.5 Å². The van der Waals surface area contributed by atoms with Gasteiger partial charge < -0.3 is 4.74 Å². The average molecular weight is 360 g/mol. The summed E-state index contributed by atoms with van der Waals surface area (Å²) >= 11 is 0. The van der Waals surface area contributed by atoms with Gasteiger partial charge in [0.2, 0.25) is 11.8 Å². The number of amides is 2. The van der Waals surface area contributed by atoms with E-state index in [1.165, 1.54) is 23.1 Å². The molecule has 1 aliphatic heterocycles. The maximum absolute atomic E-state index is 12.3. The van der Waals surface area contributed by atoms with Crippen LogP contribution in [0.4, 0.5) is 5.69 Å². The fourth-order valence-electron chi connectivity index (χ4n) is 3.65. The summed E-state index contributed by atoms with van der Waals surface area (Å²) < 4.78 is 5.10. The highest BCUT2D eigenvalue weighted by molar-refractivity contribution is 6.05. The molecule has 2 fully saturated rings. The van der Waals surface area contributed by atoms with Crippen LogP contribution in [-0.2, 0) is 25.7 Å². The molecule has 0 unspecified atom stereocenters. The molecular formula is C18H20N2O6. The number of ether oxygens (including phenoxy) is 1. The predicted molar refractivity (Wildman–Crippen MR) is 89.7 cm³/mol. The summed E-state index contributed by atoms with van der Waals surface area (Å²) in [5, 5.41) is 10.7. The van der Waals surface area contributed by atoms with E-state index >= 15 is 0 Å². The zero-order valence-corrected chi connectivity index (χ0v) is 14.3. The van der Waals surface area contributed by atoms with Crippen LogP contribution in [0.1, 0.15) is 37.7 Å². The van der Waals surface area contributed by atoms with Gasteiger partial charge in [0.1, 0.15) is 6.61 Å². The molecular weight excluding hydrogens is 340 g/mol. The monoisotopic (exact) mass is 360 g/mol. The van der Waals surface area contributed by atoms with Crippen LogP contribution in [0.2, 0.25) is 0 Å². The predicted octanol–water partition coefficient (Wildman–Crippen LogP) is 2.20. The lowest BCUT2D eigenvalue weighted by molar-refractivity contribution is -0.384. The number of hydrogen-bond donors (Lipinski definition) is 0. The van der Waals surface area contributed by atoms with Gasteiger partial charge in [-0.25, -0.2) is 0 Å². The number of nitro benzene ring substituents is 1. The number of nitro groups is 1. The highest BCUT2D eigenvalue weighted by Gasteiger charge is 2.47. The van der Waals surface area contributed by atoms with Crippen molar-refractivity contribution in [1.29, 1.82) is 0 Å². The molecule has 1 saturated heterocycles. The summed E-state index contributed by atoms with van der Waals surface area (Å²) in [6, 6.07) is 5.84. The second-order valence-corrected chi connectivity index (χ2v) is 6.66. The number of benzene rings is 1. The Hall–Kier alpha value is -2.77. The fraction of sp³-hybridized carbons (Fsp3) is 0.500. The van der Waals surface area contributed by atoms with Crippen molar-refractivity contribution in [1.82, 2.24) is 4.90 Å². The molecule has 8 nitrogen and oxygen atoms in total. The van der Waals surface area contributed by atoms with E-state index in [1.54, 1.807) is 6.07 Å². The van der Waals surface area contributed by atoms with Gasteiger partial charge in [-0.3, -0.25) is 29.4 Å². The number of nitrogens with zero attached hydrogens (tertiary/aromatic N) is 2. The first-order valence-corrected chi connectivity index (χ1v) is 8.71. The summed E-state index contributed by atoms with van der Waals surface area (Å²) in [6.45, 7) is -0.0634. The van der Waals surface area contributed by atoms with Gasteiger partial charge in [-0.2, -0.15) is 0 Å². The molecule has 0 N–H and O–H groups in total. The first-order valence-electron chi connectivity index (χ1n) is 8.71. The molecule has 2 amide bonds. The van der Waals surface area contributed by atoms with Crippen LogP contribution in [0.25, 0.3) is 0 Å². The minimum absolute atomic E-state index is 0.0262. The number of fused-ring (bicyclic) bond motifs is 1. The van der Waals surface area contributed by atoms with Gasteiger partial charge in [0.05, 0.1) is 23.2 Å². The average Bonchev–Trinajstić information content (AvgIpc) is 2.89. The molecule has 0 aromatic heterocycles. The molecule has 138 valence electrons. The van der Waals surface area contributed by atoms with Crippen molar-refractivity contribution in [3.63, 3.8) is 0 Å². The molecule has 2 atom stereocenters. The highest BCUT2D eigenvalue weighted by Crippen LogP contribution is 2.37. The van der Waals surface area contributed by atoms with Crippen LogP contribution < -0.4 is 0 Å². The van der Waals surface area contributed by atoms with E-state index < -0.39 is 10.9 Å². The maximum Gasteiger partial charge on any atom is 0.307 e. The lowest BCUT2D eigenvalue weighted by atomic mass is 9.81. The smallest absolute Gasteiger partial charge is 0.307 e. The van der Waals surface area contributed by atoms with E-state index in [9.17, 15) is 24.5 Å². The number of carbonyl (C=O) groups excluding carboxylic acids is 3. The minimum atomic E-state index is -0.549. The number of hydrogen-bond acceptors (Lipinski definition) is 6. The van der Waals surface area contributed by atoms with Crippen molar-refractivity contribution in [3.05, 3.63) is 39.9 Å². The molecule has 0 spiro atoms. The summed E-state index contributed by atoms with van der Waals surface area (Å²) in [6.07, 6.45) is 3.32. The zero-order chi connectivity index (χ0) is 18.7. The molecule has 1 heterocycles. The second-order valence-electron chi connectivity index (χ2n) is 6.66. The first-order chi connectivity index (χ1) is 12.5. The molecule has 1 aliphatic carbocycles. The molecule has 26 heavy (non-hydrogen) atoms.